The third-order valence-electron chi connectivity index (χ3n) is 4.26. The molecule has 1 atom stereocenters. The topological polar surface area (TPSA) is 24.5 Å². The molecule has 0 bridgehead atoms. The van der Waals surface area contributed by atoms with Crippen LogP contribution in [-0.2, 0) is 4.74 Å². The van der Waals surface area contributed by atoms with Crippen molar-refractivity contribution >= 4 is 0 Å². The molecule has 1 fully saturated rings. The molecule has 0 aliphatic carbocycles. The summed E-state index contributed by atoms with van der Waals surface area (Å²) in [5.74, 6) is 0.862. The van der Waals surface area contributed by atoms with Crippen molar-refractivity contribution in [3.8, 4) is 0 Å². The second kappa shape index (κ2) is 7.46. The second-order valence-corrected chi connectivity index (χ2v) is 6.35. The molecule has 1 unspecified atom stereocenters. The minimum Gasteiger partial charge on any atom is -0.379 e. The number of rotatable bonds is 7. The van der Waals surface area contributed by atoms with Crippen molar-refractivity contribution in [2.75, 3.05) is 33.3 Å². The average molecular weight is 256 g/mol. The fourth-order valence-corrected chi connectivity index (χ4v) is 2.77. The van der Waals surface area contributed by atoms with Crippen LogP contribution in [0.4, 0.5) is 0 Å². The molecule has 0 amide bonds. The summed E-state index contributed by atoms with van der Waals surface area (Å²) in [6, 6.07) is 0.532. The van der Waals surface area contributed by atoms with Crippen LogP contribution in [0.2, 0.25) is 0 Å². The van der Waals surface area contributed by atoms with E-state index in [2.05, 4.69) is 37.9 Å². The van der Waals surface area contributed by atoms with Crippen LogP contribution in [0.5, 0.6) is 0 Å². The smallest absolute Gasteiger partial charge is 0.0637 e. The Balaban J connectivity index is 2.17. The van der Waals surface area contributed by atoms with E-state index in [0.29, 0.717) is 6.04 Å². The standard InChI is InChI=1S/C15H32N2O/c1-6-17-9-7-14(8-10-17)12-16-13(2)11-15(3,4)18-5/h13-14,16H,6-12H2,1-5H3. The minimum absolute atomic E-state index is 0.0159. The molecule has 108 valence electrons. The van der Waals surface area contributed by atoms with Crippen molar-refractivity contribution < 1.29 is 4.74 Å². The van der Waals surface area contributed by atoms with Gasteiger partial charge in [-0.15, -0.1) is 0 Å². The van der Waals surface area contributed by atoms with Crippen molar-refractivity contribution in [1.82, 2.24) is 10.2 Å². The van der Waals surface area contributed by atoms with E-state index in [-0.39, 0.29) is 5.60 Å². The van der Waals surface area contributed by atoms with Crippen molar-refractivity contribution in [2.45, 2.75) is 58.6 Å². The van der Waals surface area contributed by atoms with Gasteiger partial charge in [0.25, 0.3) is 0 Å². The lowest BCUT2D eigenvalue weighted by atomic mass is 9.95. The van der Waals surface area contributed by atoms with Crippen LogP contribution in [0.15, 0.2) is 0 Å². The molecule has 18 heavy (non-hydrogen) atoms. The predicted molar refractivity (Wildman–Crippen MR) is 78.0 cm³/mol. The van der Waals surface area contributed by atoms with E-state index in [1.54, 1.807) is 7.11 Å². The Kier molecular flexibility index (Phi) is 6.61. The molecule has 1 N–H and O–H groups in total. The zero-order valence-electron chi connectivity index (χ0n) is 13.0. The molecular formula is C15H32N2O. The van der Waals surface area contributed by atoms with Gasteiger partial charge in [0.1, 0.15) is 0 Å². The van der Waals surface area contributed by atoms with Crippen LogP contribution in [0.1, 0.15) is 47.0 Å². The average Bonchev–Trinajstić information content (AvgIpc) is 2.36. The van der Waals surface area contributed by atoms with Crippen molar-refractivity contribution in [1.29, 1.82) is 0 Å². The van der Waals surface area contributed by atoms with E-state index < -0.39 is 0 Å². The van der Waals surface area contributed by atoms with Crippen LogP contribution < -0.4 is 5.32 Å². The maximum atomic E-state index is 5.48. The van der Waals surface area contributed by atoms with Crippen LogP contribution in [0, 0.1) is 5.92 Å². The summed E-state index contributed by atoms with van der Waals surface area (Å²) >= 11 is 0. The molecule has 0 saturated carbocycles. The predicted octanol–water partition coefficient (Wildman–Crippen LogP) is 2.51. The van der Waals surface area contributed by atoms with Gasteiger partial charge in [-0.25, -0.2) is 0 Å². The molecule has 0 radical (unpaired) electrons. The van der Waals surface area contributed by atoms with Gasteiger partial charge in [0, 0.05) is 13.2 Å². The van der Waals surface area contributed by atoms with E-state index in [9.17, 15) is 0 Å². The van der Waals surface area contributed by atoms with Gasteiger partial charge < -0.3 is 15.0 Å². The number of hydrogen-bond donors (Lipinski definition) is 1. The summed E-state index contributed by atoms with van der Waals surface area (Å²) in [5.41, 5.74) is -0.0159. The number of ether oxygens (including phenoxy) is 1. The largest absolute Gasteiger partial charge is 0.379 e. The van der Waals surface area contributed by atoms with Crippen LogP contribution >= 0.6 is 0 Å². The van der Waals surface area contributed by atoms with Crippen molar-refractivity contribution in [3.63, 3.8) is 0 Å². The second-order valence-electron chi connectivity index (χ2n) is 6.35. The first-order valence-electron chi connectivity index (χ1n) is 7.47. The number of piperidine rings is 1. The van der Waals surface area contributed by atoms with Gasteiger partial charge in [-0.3, -0.25) is 0 Å². The normalized spacial score (nSPS) is 21.2. The summed E-state index contributed by atoms with van der Waals surface area (Å²) in [6.45, 7) is 13.8. The maximum Gasteiger partial charge on any atom is 0.0637 e. The van der Waals surface area contributed by atoms with Gasteiger partial charge in [0.2, 0.25) is 0 Å². The Morgan fingerprint density at radius 1 is 1.33 bits per heavy atom. The Labute approximate surface area is 113 Å². The highest BCUT2D eigenvalue weighted by molar-refractivity contribution is 4.78. The molecule has 0 aromatic rings. The van der Waals surface area contributed by atoms with Crippen LogP contribution in [0.25, 0.3) is 0 Å². The molecular weight excluding hydrogens is 224 g/mol. The number of nitrogens with one attached hydrogen (secondary N) is 1. The molecule has 0 aromatic carbocycles. The molecule has 3 nitrogen and oxygen atoms in total. The molecule has 1 saturated heterocycles. The van der Waals surface area contributed by atoms with E-state index in [1.807, 2.05) is 0 Å². The number of methoxy groups -OCH3 is 1. The fourth-order valence-electron chi connectivity index (χ4n) is 2.77. The Hall–Kier alpha value is -0.120. The Morgan fingerprint density at radius 2 is 1.94 bits per heavy atom. The highest BCUT2D eigenvalue weighted by Gasteiger charge is 2.22. The van der Waals surface area contributed by atoms with Gasteiger partial charge >= 0.3 is 0 Å². The summed E-state index contributed by atoms with van der Waals surface area (Å²) in [7, 11) is 1.80. The van der Waals surface area contributed by atoms with E-state index in [1.165, 1.54) is 39.0 Å². The number of likely N-dealkylation sites (tertiary alicyclic amines) is 1. The third kappa shape index (κ3) is 5.68. The van der Waals surface area contributed by atoms with E-state index in [4.69, 9.17) is 4.74 Å². The molecule has 3 heteroatoms. The van der Waals surface area contributed by atoms with Crippen molar-refractivity contribution in [2.24, 2.45) is 5.92 Å². The molecule has 1 aliphatic heterocycles. The van der Waals surface area contributed by atoms with Crippen LogP contribution in [0.3, 0.4) is 0 Å². The Bertz CT molecular complexity index is 223. The number of hydrogen-bond acceptors (Lipinski definition) is 3. The third-order valence-corrected chi connectivity index (χ3v) is 4.26. The van der Waals surface area contributed by atoms with E-state index >= 15 is 0 Å². The van der Waals surface area contributed by atoms with Gasteiger partial charge in [-0.1, -0.05) is 6.92 Å². The molecule has 0 aromatic heterocycles. The summed E-state index contributed by atoms with van der Waals surface area (Å²) in [6.07, 6.45) is 3.76. The maximum absolute atomic E-state index is 5.48. The lowest BCUT2D eigenvalue weighted by Crippen LogP contribution is -2.41. The lowest BCUT2D eigenvalue weighted by molar-refractivity contribution is 0.00807. The molecule has 0 spiro atoms. The van der Waals surface area contributed by atoms with Gasteiger partial charge in [0.15, 0.2) is 0 Å². The van der Waals surface area contributed by atoms with Crippen molar-refractivity contribution in [3.05, 3.63) is 0 Å². The lowest BCUT2D eigenvalue weighted by Gasteiger charge is -2.33. The molecule has 1 rings (SSSR count). The van der Waals surface area contributed by atoms with E-state index in [0.717, 1.165) is 12.3 Å². The zero-order valence-corrected chi connectivity index (χ0v) is 13.0. The monoisotopic (exact) mass is 256 g/mol. The minimum atomic E-state index is -0.0159. The first-order valence-corrected chi connectivity index (χ1v) is 7.47. The Morgan fingerprint density at radius 3 is 2.44 bits per heavy atom. The summed E-state index contributed by atoms with van der Waals surface area (Å²) < 4.78 is 5.48. The fraction of sp³-hybridized carbons (Fsp3) is 1.00. The summed E-state index contributed by atoms with van der Waals surface area (Å²) in [5, 5.41) is 3.68. The molecule has 1 heterocycles. The molecule has 1 aliphatic rings. The summed E-state index contributed by atoms with van der Waals surface area (Å²) in [4.78, 5) is 2.55. The highest BCUT2D eigenvalue weighted by Crippen LogP contribution is 2.18. The van der Waals surface area contributed by atoms with Gasteiger partial charge in [-0.2, -0.15) is 0 Å². The zero-order chi connectivity index (χ0) is 13.6. The highest BCUT2D eigenvalue weighted by atomic mass is 16.5. The first-order chi connectivity index (χ1) is 8.46. The van der Waals surface area contributed by atoms with Crippen LogP contribution in [-0.4, -0.2) is 49.8 Å². The van der Waals surface area contributed by atoms with Gasteiger partial charge in [-0.05, 0) is 72.1 Å². The quantitative estimate of drug-likeness (QED) is 0.757. The SMILES string of the molecule is CCN1CCC(CNC(C)CC(C)(C)OC)CC1. The number of nitrogens with zero attached hydrogens (tertiary/aromatic N) is 1. The van der Waals surface area contributed by atoms with Gasteiger partial charge in [0.05, 0.1) is 5.60 Å². The first kappa shape index (κ1) is 15.9.